The number of amides is 1. The molecule has 0 aromatic rings. The van der Waals surface area contributed by atoms with E-state index in [1.54, 1.807) is 0 Å². The molecule has 110 valence electrons. The van der Waals surface area contributed by atoms with Crippen LogP contribution in [0.2, 0.25) is 0 Å². The zero-order chi connectivity index (χ0) is 13.5. The average Bonchev–Trinajstić information content (AvgIpc) is 2.85. The van der Waals surface area contributed by atoms with Crippen LogP contribution in [0.5, 0.6) is 0 Å². The van der Waals surface area contributed by atoms with Gasteiger partial charge in [0.05, 0.1) is 5.75 Å². The van der Waals surface area contributed by atoms with Crippen molar-refractivity contribution in [2.75, 3.05) is 24.6 Å². The first kappa shape index (κ1) is 15.5. The molecule has 1 heterocycles. The molecule has 5 heteroatoms. The van der Waals surface area contributed by atoms with Gasteiger partial charge in [-0.2, -0.15) is 11.8 Å². The van der Waals surface area contributed by atoms with Crippen LogP contribution >= 0.6 is 23.5 Å². The highest BCUT2D eigenvalue weighted by Gasteiger charge is 2.28. The number of nitrogens with one attached hydrogen (secondary N) is 2. The number of hydrogen-bond acceptors (Lipinski definition) is 4. The molecule has 0 radical (unpaired) electrons. The largest absolute Gasteiger partial charge is 0.352 e. The first-order valence-electron chi connectivity index (χ1n) is 7.53. The summed E-state index contributed by atoms with van der Waals surface area (Å²) < 4.78 is 0. The highest BCUT2D eigenvalue weighted by molar-refractivity contribution is 8.00. The second-order valence-electron chi connectivity index (χ2n) is 5.36. The van der Waals surface area contributed by atoms with Crippen molar-refractivity contribution in [1.29, 1.82) is 0 Å². The van der Waals surface area contributed by atoms with Crippen LogP contribution in [-0.2, 0) is 4.79 Å². The Morgan fingerprint density at radius 2 is 2.00 bits per heavy atom. The molecule has 1 saturated heterocycles. The second-order valence-corrected chi connectivity index (χ2v) is 8.16. The van der Waals surface area contributed by atoms with Crippen LogP contribution < -0.4 is 10.6 Å². The zero-order valence-electron chi connectivity index (χ0n) is 11.8. The average molecular weight is 303 g/mol. The van der Waals surface area contributed by atoms with Crippen LogP contribution in [0.4, 0.5) is 0 Å². The van der Waals surface area contributed by atoms with E-state index in [1.165, 1.54) is 32.1 Å². The van der Waals surface area contributed by atoms with Gasteiger partial charge >= 0.3 is 0 Å². The van der Waals surface area contributed by atoms with Gasteiger partial charge in [-0.1, -0.05) is 13.3 Å². The molecule has 19 heavy (non-hydrogen) atoms. The van der Waals surface area contributed by atoms with Crippen molar-refractivity contribution >= 4 is 29.4 Å². The van der Waals surface area contributed by atoms with Crippen molar-refractivity contribution in [1.82, 2.24) is 10.6 Å². The summed E-state index contributed by atoms with van der Waals surface area (Å²) in [6, 6.07) is 0.422. The van der Waals surface area contributed by atoms with Crippen molar-refractivity contribution in [3.05, 3.63) is 0 Å². The molecule has 1 aliphatic carbocycles. The Bertz CT molecular complexity index is 283. The first-order chi connectivity index (χ1) is 9.29. The SMILES string of the molecule is CCSC1CCCC1NC(=O)CSC1CCNCC1. The van der Waals surface area contributed by atoms with Crippen LogP contribution in [0.3, 0.4) is 0 Å². The fraction of sp³-hybridized carbons (Fsp3) is 0.929. The summed E-state index contributed by atoms with van der Waals surface area (Å²) in [4.78, 5) is 12.0. The number of carbonyl (C=O) groups excluding carboxylic acids is 1. The minimum atomic E-state index is 0.247. The van der Waals surface area contributed by atoms with E-state index < -0.39 is 0 Å². The molecular formula is C14H26N2OS2. The van der Waals surface area contributed by atoms with Crippen LogP contribution in [0.1, 0.15) is 39.0 Å². The molecule has 1 aliphatic heterocycles. The fourth-order valence-electron chi connectivity index (χ4n) is 2.91. The van der Waals surface area contributed by atoms with Crippen molar-refractivity contribution in [3.63, 3.8) is 0 Å². The van der Waals surface area contributed by atoms with E-state index >= 15 is 0 Å². The zero-order valence-corrected chi connectivity index (χ0v) is 13.5. The van der Waals surface area contributed by atoms with E-state index in [1.807, 2.05) is 23.5 Å². The molecule has 2 rings (SSSR count). The molecule has 3 nitrogen and oxygen atoms in total. The smallest absolute Gasteiger partial charge is 0.230 e. The standard InChI is InChI=1S/C14H26N2OS2/c1-2-18-13-5-3-4-12(13)16-14(17)10-19-11-6-8-15-9-7-11/h11-13,15H,2-10H2,1H3,(H,16,17). The quantitative estimate of drug-likeness (QED) is 0.790. The fourth-order valence-corrected chi connectivity index (χ4v) is 5.15. The Morgan fingerprint density at radius 1 is 1.21 bits per heavy atom. The van der Waals surface area contributed by atoms with E-state index in [9.17, 15) is 4.79 Å². The molecule has 2 fully saturated rings. The molecule has 0 aromatic heterocycles. The number of hydrogen-bond donors (Lipinski definition) is 2. The number of carbonyl (C=O) groups is 1. The molecular weight excluding hydrogens is 276 g/mol. The third kappa shape index (κ3) is 5.20. The van der Waals surface area contributed by atoms with E-state index in [4.69, 9.17) is 0 Å². The summed E-state index contributed by atoms with van der Waals surface area (Å²) in [6.07, 6.45) is 6.11. The van der Waals surface area contributed by atoms with Crippen molar-refractivity contribution < 1.29 is 4.79 Å². The maximum atomic E-state index is 12.0. The van der Waals surface area contributed by atoms with E-state index in [0.717, 1.165) is 18.8 Å². The van der Waals surface area contributed by atoms with Crippen molar-refractivity contribution in [2.24, 2.45) is 0 Å². The van der Waals surface area contributed by atoms with Gasteiger partial charge in [-0.3, -0.25) is 4.79 Å². The first-order valence-corrected chi connectivity index (χ1v) is 9.62. The lowest BCUT2D eigenvalue weighted by molar-refractivity contribution is -0.119. The van der Waals surface area contributed by atoms with Gasteiger partial charge in [0.2, 0.25) is 5.91 Å². The van der Waals surface area contributed by atoms with Crippen molar-refractivity contribution in [2.45, 2.75) is 55.6 Å². The molecule has 2 atom stereocenters. The lowest BCUT2D eigenvalue weighted by Crippen LogP contribution is -2.40. The van der Waals surface area contributed by atoms with E-state index in [2.05, 4.69) is 17.6 Å². The Balaban J connectivity index is 1.65. The topological polar surface area (TPSA) is 41.1 Å². The Labute approximate surface area is 125 Å². The minimum Gasteiger partial charge on any atom is -0.352 e. The Kier molecular flexibility index (Phi) is 6.88. The van der Waals surface area contributed by atoms with Gasteiger partial charge in [0.15, 0.2) is 0 Å². The van der Waals surface area contributed by atoms with Gasteiger partial charge in [0.1, 0.15) is 0 Å². The summed E-state index contributed by atoms with van der Waals surface area (Å²) in [5, 5.41) is 7.95. The molecule has 1 saturated carbocycles. The second kappa shape index (κ2) is 8.42. The van der Waals surface area contributed by atoms with Gasteiger partial charge in [-0.25, -0.2) is 0 Å². The van der Waals surface area contributed by atoms with Gasteiger partial charge in [-0.05, 0) is 44.5 Å². The van der Waals surface area contributed by atoms with E-state index in [-0.39, 0.29) is 5.91 Å². The molecule has 0 spiro atoms. The summed E-state index contributed by atoms with van der Waals surface area (Å²) in [5.74, 6) is 2.04. The molecule has 2 aliphatic rings. The monoisotopic (exact) mass is 302 g/mol. The highest BCUT2D eigenvalue weighted by atomic mass is 32.2. The van der Waals surface area contributed by atoms with Crippen LogP contribution in [-0.4, -0.2) is 47.0 Å². The summed E-state index contributed by atoms with van der Waals surface area (Å²) in [5.41, 5.74) is 0. The number of rotatable bonds is 6. The predicted octanol–water partition coefficient (Wildman–Crippen LogP) is 2.26. The van der Waals surface area contributed by atoms with Gasteiger partial charge < -0.3 is 10.6 Å². The lowest BCUT2D eigenvalue weighted by atomic mass is 10.2. The summed E-state index contributed by atoms with van der Waals surface area (Å²) >= 11 is 3.85. The number of thioether (sulfide) groups is 2. The van der Waals surface area contributed by atoms with Crippen LogP contribution in [0, 0.1) is 0 Å². The Hall–Kier alpha value is 0.130. The highest BCUT2D eigenvalue weighted by Crippen LogP contribution is 2.30. The normalized spacial score (nSPS) is 28.5. The third-order valence-electron chi connectivity index (χ3n) is 3.92. The molecule has 2 N–H and O–H groups in total. The van der Waals surface area contributed by atoms with Crippen LogP contribution in [0.15, 0.2) is 0 Å². The van der Waals surface area contributed by atoms with Crippen LogP contribution in [0.25, 0.3) is 0 Å². The van der Waals surface area contributed by atoms with Gasteiger partial charge in [0.25, 0.3) is 0 Å². The van der Waals surface area contributed by atoms with Gasteiger partial charge in [-0.15, -0.1) is 11.8 Å². The minimum absolute atomic E-state index is 0.247. The molecule has 0 bridgehead atoms. The molecule has 1 amide bonds. The van der Waals surface area contributed by atoms with Crippen molar-refractivity contribution in [3.8, 4) is 0 Å². The number of piperidine rings is 1. The molecule has 2 unspecified atom stereocenters. The molecule has 0 aromatic carbocycles. The predicted molar refractivity (Wildman–Crippen MR) is 86.1 cm³/mol. The Morgan fingerprint density at radius 3 is 2.74 bits per heavy atom. The van der Waals surface area contributed by atoms with Gasteiger partial charge in [0, 0.05) is 16.5 Å². The summed E-state index contributed by atoms with van der Waals surface area (Å²) in [7, 11) is 0. The maximum Gasteiger partial charge on any atom is 0.230 e. The lowest BCUT2D eigenvalue weighted by Gasteiger charge is -2.23. The summed E-state index contributed by atoms with van der Waals surface area (Å²) in [6.45, 7) is 4.42. The van der Waals surface area contributed by atoms with E-state index in [0.29, 0.717) is 22.3 Å². The third-order valence-corrected chi connectivity index (χ3v) is 6.61. The maximum absolute atomic E-state index is 12.0.